The molecule has 0 saturated carbocycles. The van der Waals surface area contributed by atoms with Crippen LogP contribution in [0.15, 0.2) is 18.2 Å². The Hall–Kier alpha value is -1.53. The average molecular weight is 493 g/mol. The molecular weight excluding hydrogens is 471 g/mol. The summed E-state index contributed by atoms with van der Waals surface area (Å²) >= 11 is 1.95. The van der Waals surface area contributed by atoms with Crippen molar-refractivity contribution in [1.82, 2.24) is 0 Å². The first-order chi connectivity index (χ1) is 12.4. The number of benzene rings is 1. The summed E-state index contributed by atoms with van der Waals surface area (Å²) in [5.74, 6) is -1.11. The number of carbonyl (C=O) groups excluding carboxylic acids is 3. The molecule has 2 fully saturated rings. The Morgan fingerprint density at radius 3 is 2.19 bits per heavy atom. The number of Topliss-reactive ketones (excluding diaryl/α,β-unsaturated/α-hetero) is 1. The molecule has 0 spiro atoms. The summed E-state index contributed by atoms with van der Waals surface area (Å²) in [6.07, 6.45) is -1.07. The lowest BCUT2D eigenvalue weighted by Gasteiger charge is -2.43. The number of alkyl halides is 1. The van der Waals surface area contributed by atoms with E-state index in [1.807, 2.05) is 22.6 Å². The minimum atomic E-state index is -2.36. The van der Waals surface area contributed by atoms with Crippen LogP contribution in [0.5, 0.6) is 0 Å². The smallest absolute Gasteiger partial charge is 0.599 e. The Kier molecular flexibility index (Phi) is 6.32. The topological polar surface area (TPSA) is 89.9 Å². The number of halogens is 2. The second-order valence-electron chi connectivity index (χ2n) is 7.31. The lowest BCUT2D eigenvalue weighted by atomic mass is 9.62. The van der Waals surface area contributed by atoms with Gasteiger partial charge in [0.25, 0.3) is 0 Å². The van der Waals surface area contributed by atoms with Gasteiger partial charge in [-0.3, -0.25) is 9.59 Å². The Morgan fingerprint density at radius 1 is 1.26 bits per heavy atom. The van der Waals surface area contributed by atoms with E-state index < -0.39 is 28.6 Å². The zero-order chi connectivity index (χ0) is 20.6. The number of fused-ring (bicyclic) bond motifs is 1. The monoisotopic (exact) mass is 493 g/mol. The minimum Gasteiger partial charge on any atom is -0.599 e. The van der Waals surface area contributed by atoms with E-state index in [1.165, 1.54) is 32.0 Å². The van der Waals surface area contributed by atoms with Crippen molar-refractivity contribution >= 4 is 47.0 Å². The van der Waals surface area contributed by atoms with Gasteiger partial charge in [0, 0.05) is 7.05 Å². The predicted molar refractivity (Wildman–Crippen MR) is 104 cm³/mol. The molecule has 2 heterocycles. The number of aliphatic hydroxyl groups is 1. The molecule has 1 aromatic carbocycles. The minimum absolute atomic E-state index is 0.00249. The van der Waals surface area contributed by atoms with Crippen molar-refractivity contribution in [2.75, 3.05) is 20.1 Å². The molecule has 0 radical (unpaired) electrons. The van der Waals surface area contributed by atoms with Crippen LogP contribution in [0.25, 0.3) is 0 Å². The van der Waals surface area contributed by atoms with E-state index in [4.69, 9.17) is 9.31 Å². The standard InChI is InChI=1S/C14H16BFINO5.C3H6O/c1-8-5-9(3-4-10(8)16)13(21)14(17)15-18(2,6-11(19)22-15)7-12(20)23-15;1-3(2)4/h3-5,13-14,21H,6-7H2,1-2H3;1-2H3/t13-,14-,15?,18?;/m1./s1. The van der Waals surface area contributed by atoms with E-state index in [0.717, 1.165) is 0 Å². The summed E-state index contributed by atoms with van der Waals surface area (Å²) in [4.78, 5) is 33.0. The first-order valence-corrected chi connectivity index (χ1v) is 9.64. The van der Waals surface area contributed by atoms with Crippen LogP contribution in [0, 0.1) is 12.7 Å². The maximum absolute atomic E-state index is 13.4. The molecule has 0 amide bonds. The zero-order valence-electron chi connectivity index (χ0n) is 15.6. The molecule has 2 atom stereocenters. The van der Waals surface area contributed by atoms with Crippen molar-refractivity contribution < 1.29 is 37.6 Å². The SMILES string of the molecule is CC(C)=O.Cc1cc([C@@H](O)[C@@H](I)[B-]23OC(=O)C[N+]2(C)CC(=O)O3)ccc1F. The Labute approximate surface area is 170 Å². The van der Waals surface area contributed by atoms with Gasteiger partial charge >= 0.3 is 18.6 Å². The summed E-state index contributed by atoms with van der Waals surface area (Å²) in [6, 6.07) is 4.29. The maximum Gasteiger partial charge on any atom is 0.599 e. The molecule has 10 heteroatoms. The lowest BCUT2D eigenvalue weighted by molar-refractivity contribution is -0.794. The van der Waals surface area contributed by atoms with Crippen molar-refractivity contribution in [3.05, 3.63) is 35.1 Å². The van der Waals surface area contributed by atoms with Crippen molar-refractivity contribution in [3.8, 4) is 0 Å². The molecule has 3 rings (SSSR count). The molecule has 7 nitrogen and oxygen atoms in total. The summed E-state index contributed by atoms with van der Waals surface area (Å²) in [6.45, 7) is 2.35. The van der Waals surface area contributed by atoms with Gasteiger partial charge in [0.1, 0.15) is 24.7 Å². The number of ketones is 1. The van der Waals surface area contributed by atoms with E-state index in [1.54, 1.807) is 14.0 Å². The van der Waals surface area contributed by atoms with Gasteiger partial charge in [0.05, 0.1) is 9.93 Å². The second-order valence-corrected chi connectivity index (χ2v) is 8.75. The number of hydrogen-bond acceptors (Lipinski definition) is 6. The molecular formula is C17H22BFINO6. The number of rotatable bonds is 3. The molecule has 0 aromatic heterocycles. The fraction of sp³-hybridized carbons (Fsp3) is 0.471. The van der Waals surface area contributed by atoms with Crippen LogP contribution in [0.2, 0.25) is 0 Å². The third kappa shape index (κ3) is 4.17. The first-order valence-electron chi connectivity index (χ1n) is 8.40. The van der Waals surface area contributed by atoms with Crippen LogP contribution in [0.4, 0.5) is 4.39 Å². The molecule has 27 heavy (non-hydrogen) atoms. The normalized spacial score (nSPS) is 28.4. The molecule has 0 bridgehead atoms. The highest BCUT2D eigenvalue weighted by molar-refractivity contribution is 14.1. The third-order valence-corrected chi connectivity index (χ3v) is 6.27. The number of aliphatic hydroxyl groups excluding tert-OH is 1. The molecule has 2 saturated heterocycles. The maximum atomic E-state index is 13.4. The fourth-order valence-corrected chi connectivity index (χ4v) is 4.86. The highest BCUT2D eigenvalue weighted by atomic mass is 127. The van der Waals surface area contributed by atoms with E-state index in [9.17, 15) is 23.9 Å². The third-order valence-electron chi connectivity index (χ3n) is 4.68. The van der Waals surface area contributed by atoms with Crippen LogP contribution < -0.4 is 0 Å². The van der Waals surface area contributed by atoms with Crippen molar-refractivity contribution in [1.29, 1.82) is 0 Å². The fourth-order valence-electron chi connectivity index (χ4n) is 3.37. The van der Waals surface area contributed by atoms with E-state index in [0.29, 0.717) is 11.1 Å². The molecule has 0 aliphatic carbocycles. The lowest BCUT2D eigenvalue weighted by Crippen LogP contribution is -2.66. The Morgan fingerprint density at radius 2 is 1.74 bits per heavy atom. The average Bonchev–Trinajstić information content (AvgIpc) is 2.92. The molecule has 1 aromatic rings. The van der Waals surface area contributed by atoms with Gasteiger partial charge < -0.3 is 23.6 Å². The molecule has 148 valence electrons. The van der Waals surface area contributed by atoms with Gasteiger partial charge in [-0.1, -0.05) is 12.1 Å². The number of nitrogens with zero attached hydrogens (tertiary/aromatic N) is 1. The van der Waals surface area contributed by atoms with Crippen molar-refractivity contribution in [2.45, 2.75) is 30.7 Å². The summed E-state index contributed by atoms with van der Waals surface area (Å²) in [5, 5.41) is 10.7. The van der Waals surface area contributed by atoms with E-state index in [-0.39, 0.29) is 29.1 Å². The molecule has 2 aliphatic heterocycles. The van der Waals surface area contributed by atoms with E-state index in [2.05, 4.69) is 0 Å². The number of hydrogen-bond donors (Lipinski definition) is 1. The highest BCUT2D eigenvalue weighted by Crippen LogP contribution is 2.43. The van der Waals surface area contributed by atoms with Crippen molar-refractivity contribution in [2.24, 2.45) is 0 Å². The van der Waals surface area contributed by atoms with Gasteiger partial charge in [-0.25, -0.2) is 4.39 Å². The number of likely N-dealkylation sites (N-methyl/N-ethyl adjacent to an activating group) is 1. The summed E-state index contributed by atoms with van der Waals surface area (Å²) < 4.78 is 23.6. The predicted octanol–water partition coefficient (Wildman–Crippen LogP) is 1.60. The Bertz CT molecular complexity index is 765. The zero-order valence-corrected chi connectivity index (χ0v) is 17.7. The number of carbonyl (C=O) groups is 3. The Balaban J connectivity index is 0.000000596. The molecule has 1 N–H and O–H groups in total. The van der Waals surface area contributed by atoms with Crippen LogP contribution in [0.1, 0.15) is 31.1 Å². The highest BCUT2D eigenvalue weighted by Gasteiger charge is 2.69. The van der Waals surface area contributed by atoms with Gasteiger partial charge in [0.2, 0.25) is 0 Å². The van der Waals surface area contributed by atoms with Crippen LogP contribution in [0.3, 0.4) is 0 Å². The van der Waals surface area contributed by atoms with Gasteiger partial charge in [0.15, 0.2) is 0 Å². The van der Waals surface area contributed by atoms with Crippen LogP contribution in [-0.4, -0.2) is 57.9 Å². The van der Waals surface area contributed by atoms with Crippen molar-refractivity contribution in [3.63, 3.8) is 0 Å². The van der Waals surface area contributed by atoms with Crippen LogP contribution in [-0.2, 0) is 23.7 Å². The molecule has 0 unspecified atom stereocenters. The quantitative estimate of drug-likeness (QED) is 0.391. The second kappa shape index (κ2) is 7.84. The summed E-state index contributed by atoms with van der Waals surface area (Å²) in [7, 11) is 1.71. The first kappa shape index (κ1) is 21.8. The van der Waals surface area contributed by atoms with Crippen LogP contribution >= 0.6 is 22.6 Å². The number of quaternary nitrogens is 1. The molecule has 2 aliphatic rings. The summed E-state index contributed by atoms with van der Waals surface area (Å²) in [5.41, 5.74) is 0.885. The number of aryl methyl sites for hydroxylation is 1. The van der Waals surface area contributed by atoms with Gasteiger partial charge in [-0.05, 0) is 38.0 Å². The van der Waals surface area contributed by atoms with Gasteiger partial charge in [-0.2, -0.15) is 0 Å². The van der Waals surface area contributed by atoms with E-state index >= 15 is 0 Å². The van der Waals surface area contributed by atoms with Gasteiger partial charge in [-0.15, -0.1) is 22.6 Å². The largest absolute Gasteiger partial charge is 0.599 e.